The molecule has 0 aromatic carbocycles. The average Bonchev–Trinajstić information content (AvgIpc) is 3.52. The maximum atomic E-state index is 14.5. The largest absolute Gasteiger partial charge is 0.479 e. The van der Waals surface area contributed by atoms with Gasteiger partial charge in [-0.3, -0.25) is 9.59 Å². The van der Waals surface area contributed by atoms with Crippen molar-refractivity contribution in [2.45, 2.75) is 157 Å². The van der Waals surface area contributed by atoms with Crippen LogP contribution in [0.3, 0.4) is 0 Å². The second-order valence-corrected chi connectivity index (χ2v) is 17.6. The number of allylic oxidation sites excluding steroid dienone is 1. The van der Waals surface area contributed by atoms with Crippen LogP contribution in [0.1, 0.15) is 104 Å². The molecule has 6 aliphatic rings. The van der Waals surface area contributed by atoms with E-state index in [2.05, 4.69) is 26.6 Å². The number of carbonyl (C=O) groups is 4. The van der Waals surface area contributed by atoms with Gasteiger partial charge < -0.3 is 30.1 Å². The van der Waals surface area contributed by atoms with E-state index in [4.69, 9.17) is 9.47 Å². The van der Waals surface area contributed by atoms with Crippen molar-refractivity contribution in [1.82, 2.24) is 31.5 Å². The fraction of sp³-hybridized carbons (Fsp3) is 0.833. The van der Waals surface area contributed by atoms with Gasteiger partial charge >= 0.3 is 12.1 Å². The van der Waals surface area contributed by atoms with Crippen molar-refractivity contribution in [3.05, 3.63) is 12.2 Å². The smallest absolute Gasteiger partial charge is 0.408 e. The van der Waals surface area contributed by atoms with Crippen molar-refractivity contribution in [3.63, 3.8) is 0 Å². The molecule has 0 bridgehead atoms. The van der Waals surface area contributed by atoms with Gasteiger partial charge in [-0.05, 0) is 103 Å². The summed E-state index contributed by atoms with van der Waals surface area (Å²) >= 11 is 2.02. The van der Waals surface area contributed by atoms with E-state index in [1.165, 1.54) is 6.42 Å². The Morgan fingerprint density at radius 2 is 1.78 bits per heavy atom. The van der Waals surface area contributed by atoms with Crippen LogP contribution in [0.15, 0.2) is 12.2 Å². The van der Waals surface area contributed by atoms with Gasteiger partial charge in [0.05, 0.1) is 18.2 Å². The van der Waals surface area contributed by atoms with Gasteiger partial charge in [0.1, 0.15) is 23.2 Å². The summed E-state index contributed by atoms with van der Waals surface area (Å²) in [7, 11) is 1.79. The fourth-order valence-electron chi connectivity index (χ4n) is 8.73. The highest BCUT2D eigenvalue weighted by Gasteiger charge is 2.61. The van der Waals surface area contributed by atoms with Crippen LogP contribution >= 0.6 is 11.8 Å². The van der Waals surface area contributed by atoms with Gasteiger partial charge in [-0.1, -0.05) is 25.0 Å². The molecule has 8 atom stereocenters. The number of hydrogen-bond donors (Lipinski definition) is 5. The minimum atomic E-state index is -1.38. The predicted octanol–water partition coefficient (Wildman–Crippen LogP) is 3.49. The predicted molar refractivity (Wildman–Crippen MR) is 190 cm³/mol. The zero-order chi connectivity index (χ0) is 35.6. The summed E-state index contributed by atoms with van der Waals surface area (Å²) in [6.45, 7) is 5.58. The van der Waals surface area contributed by atoms with Crippen molar-refractivity contribution < 1.29 is 33.8 Å². The number of rotatable bonds is 6. The van der Waals surface area contributed by atoms with Gasteiger partial charge in [0.2, 0.25) is 11.8 Å². The number of nitrogens with zero attached hydrogens (tertiary/aromatic N) is 2. The van der Waals surface area contributed by atoms with E-state index < -0.39 is 41.2 Å². The van der Waals surface area contributed by atoms with E-state index >= 15 is 0 Å². The molecule has 5 fully saturated rings. The zero-order valence-electron chi connectivity index (χ0n) is 30.2. The molecule has 14 heteroatoms. The molecule has 5 N–H and O–H groups in total. The SMILES string of the molecule is COC1CCC(C2NN([C@H]3C[C@H]4C(=O)N[C@]5(C(=O)O)C[C@H]5/C=C\CCCCC[C@H](NC(=O)OC(C)(C)C)C(=O)N4C3)NC2C2CCCS2)CC1. The number of hydrazine groups is 2. The van der Waals surface area contributed by atoms with E-state index in [9.17, 15) is 24.3 Å². The van der Waals surface area contributed by atoms with Crippen LogP contribution in [-0.2, 0) is 23.9 Å². The summed E-state index contributed by atoms with van der Waals surface area (Å²) in [4.78, 5) is 55.8. The number of carboxylic acid groups (broad SMARTS) is 1. The van der Waals surface area contributed by atoms with Crippen LogP contribution in [0.4, 0.5) is 4.79 Å². The van der Waals surface area contributed by atoms with E-state index in [1.54, 1.807) is 32.8 Å². The molecule has 50 heavy (non-hydrogen) atoms. The molecular formula is C36H58N6O7S. The highest BCUT2D eigenvalue weighted by Crippen LogP contribution is 2.46. The molecule has 3 amide bonds. The Hall–Kier alpha value is -2.39. The van der Waals surface area contributed by atoms with Gasteiger partial charge in [0.25, 0.3) is 0 Å². The number of methoxy groups -OCH3 is 1. The standard InChI is InChI=1S/C36H58N6O7S/c1-35(2,3)49-34(47)37-26-12-9-7-5-6-8-11-23-20-36(23,33(45)46)38-31(43)27-19-24(21-41(27)32(26)44)42-39-29(22-14-16-25(48-4)17-15-22)30(40-42)28-13-10-18-50-28/h8,11,22-30,39-40H,5-7,9-10,12-21H2,1-4H3,(H,37,47)(H,38,43)(H,45,46)/b11-8-/t22?,23-,24+,25?,26+,27+,28?,29?,30?,36-/m1/s1. The first-order valence-electron chi connectivity index (χ1n) is 18.9. The molecule has 0 aromatic rings. The second-order valence-electron chi connectivity index (χ2n) is 16.2. The number of aliphatic carboxylic acids is 1. The molecule has 280 valence electrons. The molecule has 0 radical (unpaired) electrons. The molecule has 4 aliphatic heterocycles. The van der Waals surface area contributed by atoms with Gasteiger partial charge in [0, 0.05) is 30.9 Å². The molecule has 0 spiro atoms. The normalized spacial score (nSPS) is 39.4. The zero-order valence-corrected chi connectivity index (χ0v) is 31.0. The Morgan fingerprint density at radius 3 is 2.46 bits per heavy atom. The van der Waals surface area contributed by atoms with Crippen LogP contribution in [0.25, 0.3) is 0 Å². The number of amides is 3. The lowest BCUT2D eigenvalue weighted by Crippen LogP contribution is -2.56. The molecule has 13 nitrogen and oxygen atoms in total. The maximum absolute atomic E-state index is 14.5. The van der Waals surface area contributed by atoms with Crippen LogP contribution in [0, 0.1) is 11.8 Å². The van der Waals surface area contributed by atoms with Gasteiger partial charge in [0.15, 0.2) is 0 Å². The number of nitrogens with one attached hydrogen (secondary N) is 4. The minimum Gasteiger partial charge on any atom is -0.479 e. The maximum Gasteiger partial charge on any atom is 0.408 e. The van der Waals surface area contributed by atoms with Crippen molar-refractivity contribution in [2.75, 3.05) is 19.4 Å². The first kappa shape index (κ1) is 37.4. The van der Waals surface area contributed by atoms with E-state index in [0.717, 1.165) is 57.1 Å². The molecule has 2 aliphatic carbocycles. The third-order valence-corrected chi connectivity index (χ3v) is 13.1. The van der Waals surface area contributed by atoms with E-state index in [0.29, 0.717) is 43.0 Å². The molecule has 0 aromatic heterocycles. The lowest BCUT2D eigenvalue weighted by Gasteiger charge is -2.35. The van der Waals surface area contributed by atoms with Crippen molar-refractivity contribution in [2.24, 2.45) is 11.8 Å². The fourth-order valence-corrected chi connectivity index (χ4v) is 10.1. The number of fused-ring (bicyclic) bond motifs is 2. The third-order valence-electron chi connectivity index (χ3n) is 11.6. The Bertz CT molecular complexity index is 1280. The summed E-state index contributed by atoms with van der Waals surface area (Å²) in [5.41, 5.74) is 5.50. The molecule has 2 saturated carbocycles. The number of carbonyl (C=O) groups excluding carboxylic acids is 3. The molecule has 6 rings (SSSR count). The minimum absolute atomic E-state index is 0.210. The highest BCUT2D eigenvalue weighted by molar-refractivity contribution is 8.00. The Morgan fingerprint density at radius 1 is 1.02 bits per heavy atom. The quantitative estimate of drug-likeness (QED) is 0.256. The average molecular weight is 719 g/mol. The number of thioether (sulfide) groups is 1. The Balaban J connectivity index is 1.25. The topological polar surface area (TPSA) is 162 Å². The molecular weight excluding hydrogens is 660 g/mol. The van der Waals surface area contributed by atoms with Gasteiger partial charge in [-0.25, -0.2) is 20.4 Å². The molecule has 3 saturated heterocycles. The summed E-state index contributed by atoms with van der Waals surface area (Å²) in [6.07, 6.45) is 14.4. The van der Waals surface area contributed by atoms with E-state index in [-0.39, 0.29) is 36.5 Å². The molecule has 4 heterocycles. The Kier molecular flexibility index (Phi) is 11.7. The molecule has 3 unspecified atom stereocenters. The van der Waals surface area contributed by atoms with E-state index in [1.807, 2.05) is 23.9 Å². The lowest BCUT2D eigenvalue weighted by atomic mass is 9.79. The number of hydrogen-bond acceptors (Lipinski definition) is 10. The lowest BCUT2D eigenvalue weighted by molar-refractivity contribution is -0.145. The first-order chi connectivity index (χ1) is 23.9. The van der Waals surface area contributed by atoms with Gasteiger partial charge in [-0.15, -0.1) is 0 Å². The summed E-state index contributed by atoms with van der Waals surface area (Å²) in [5.74, 6) is -0.556. The van der Waals surface area contributed by atoms with Crippen molar-refractivity contribution in [3.8, 4) is 0 Å². The second kappa shape index (κ2) is 15.7. The van der Waals surface area contributed by atoms with Crippen molar-refractivity contribution >= 4 is 35.6 Å². The summed E-state index contributed by atoms with van der Waals surface area (Å²) in [5, 5.41) is 18.5. The number of carboxylic acids is 1. The van der Waals surface area contributed by atoms with Gasteiger partial charge in [-0.2, -0.15) is 16.9 Å². The van der Waals surface area contributed by atoms with Crippen LogP contribution in [-0.4, -0.2) is 111 Å². The summed E-state index contributed by atoms with van der Waals surface area (Å²) in [6, 6.07) is -1.61. The van der Waals surface area contributed by atoms with Crippen LogP contribution < -0.4 is 21.5 Å². The summed E-state index contributed by atoms with van der Waals surface area (Å²) < 4.78 is 11.2. The monoisotopic (exact) mass is 718 g/mol. The first-order valence-corrected chi connectivity index (χ1v) is 19.9. The Labute approximate surface area is 300 Å². The third kappa shape index (κ3) is 8.46. The van der Waals surface area contributed by atoms with Crippen LogP contribution in [0.5, 0.6) is 0 Å². The van der Waals surface area contributed by atoms with Crippen molar-refractivity contribution in [1.29, 1.82) is 0 Å². The number of alkyl carbamates (subject to hydrolysis) is 1. The van der Waals surface area contributed by atoms with Crippen LogP contribution in [0.2, 0.25) is 0 Å². The number of ether oxygens (including phenoxy) is 2. The highest BCUT2D eigenvalue weighted by atomic mass is 32.2.